The first-order valence-electron chi connectivity index (χ1n) is 8.62. The maximum absolute atomic E-state index is 14.2. The first-order valence-corrected chi connectivity index (χ1v) is 10.3. The van der Waals surface area contributed by atoms with Gasteiger partial charge in [0.05, 0.1) is 16.9 Å². The quantitative estimate of drug-likeness (QED) is 0.479. The fourth-order valence-corrected chi connectivity index (χ4v) is 4.17. The number of hydrogen-bond acceptors (Lipinski definition) is 5. The molecule has 0 bridgehead atoms. The number of fused-ring (bicyclic) bond motifs is 1. The van der Waals surface area contributed by atoms with E-state index in [2.05, 4.69) is 20.9 Å². The third kappa shape index (κ3) is 3.86. The minimum atomic E-state index is -0.518. The summed E-state index contributed by atoms with van der Waals surface area (Å²) in [4.78, 5) is 30.6. The number of benzene rings is 2. The Morgan fingerprint density at radius 1 is 1.31 bits per heavy atom. The second-order valence-corrected chi connectivity index (χ2v) is 8.04. The predicted octanol–water partition coefficient (Wildman–Crippen LogP) is 5.39. The second-order valence-electron chi connectivity index (χ2n) is 6.29. The van der Waals surface area contributed by atoms with Crippen LogP contribution in [0.1, 0.15) is 23.0 Å². The van der Waals surface area contributed by atoms with E-state index in [-0.39, 0.29) is 24.0 Å². The molecule has 1 aromatic heterocycles. The number of hydrogen-bond donors (Lipinski definition) is 0. The maximum atomic E-state index is 14.2. The SMILES string of the molecule is CC(=O)N(c1nc(/C=C2\COc3ccc(Br)cc3C2=O)cs1)c1ccccc1F. The number of para-hydroxylation sites is 1. The zero-order chi connectivity index (χ0) is 20.5. The Hall–Kier alpha value is -2.84. The molecule has 3 aromatic rings. The van der Waals surface area contributed by atoms with Crippen LogP contribution in [-0.2, 0) is 4.79 Å². The van der Waals surface area contributed by atoms with Crippen molar-refractivity contribution in [3.63, 3.8) is 0 Å². The summed E-state index contributed by atoms with van der Waals surface area (Å²) in [5.41, 5.74) is 1.55. The molecule has 0 fully saturated rings. The number of halogens is 2. The second kappa shape index (κ2) is 7.88. The van der Waals surface area contributed by atoms with Crippen LogP contribution in [0.4, 0.5) is 15.2 Å². The van der Waals surface area contributed by atoms with Crippen molar-refractivity contribution in [2.75, 3.05) is 11.5 Å². The van der Waals surface area contributed by atoms with Gasteiger partial charge in [-0.15, -0.1) is 11.3 Å². The predicted molar refractivity (Wildman–Crippen MR) is 113 cm³/mol. The molecule has 0 N–H and O–H groups in total. The van der Waals surface area contributed by atoms with Crippen LogP contribution in [0.25, 0.3) is 6.08 Å². The number of ketones is 1. The molecule has 4 rings (SSSR count). The zero-order valence-electron chi connectivity index (χ0n) is 15.2. The van der Waals surface area contributed by atoms with Gasteiger partial charge in [0.25, 0.3) is 0 Å². The highest BCUT2D eigenvalue weighted by molar-refractivity contribution is 9.10. The lowest BCUT2D eigenvalue weighted by molar-refractivity contribution is -0.115. The summed E-state index contributed by atoms with van der Waals surface area (Å²) in [6, 6.07) is 11.3. The van der Waals surface area contributed by atoms with Crippen molar-refractivity contribution < 1.29 is 18.7 Å². The van der Waals surface area contributed by atoms with Crippen LogP contribution in [-0.4, -0.2) is 23.3 Å². The van der Waals surface area contributed by atoms with Crippen molar-refractivity contribution in [3.05, 3.63) is 75.0 Å². The number of ether oxygens (including phenoxy) is 1. The van der Waals surface area contributed by atoms with Crippen LogP contribution in [0.15, 0.2) is 57.9 Å². The summed E-state index contributed by atoms with van der Waals surface area (Å²) in [6.07, 6.45) is 1.63. The van der Waals surface area contributed by atoms with Crippen LogP contribution in [0, 0.1) is 5.82 Å². The first kappa shape index (κ1) is 19.5. The smallest absolute Gasteiger partial charge is 0.230 e. The van der Waals surface area contributed by atoms with Crippen LogP contribution < -0.4 is 9.64 Å². The number of nitrogens with zero attached hydrogens (tertiary/aromatic N) is 2. The monoisotopic (exact) mass is 472 g/mol. The van der Waals surface area contributed by atoms with Gasteiger partial charge in [0.2, 0.25) is 5.91 Å². The summed E-state index contributed by atoms with van der Waals surface area (Å²) in [5.74, 6) is -0.480. The molecule has 0 unspecified atom stereocenters. The molecule has 0 saturated carbocycles. The van der Waals surface area contributed by atoms with E-state index in [1.165, 1.54) is 35.3 Å². The lowest BCUT2D eigenvalue weighted by Gasteiger charge is -2.19. The fraction of sp³-hybridized carbons (Fsp3) is 0.0952. The Morgan fingerprint density at radius 3 is 2.86 bits per heavy atom. The molecule has 0 saturated heterocycles. The third-order valence-corrected chi connectivity index (χ3v) is 5.63. The van der Waals surface area contributed by atoms with Crippen LogP contribution in [0.5, 0.6) is 5.75 Å². The van der Waals surface area contributed by atoms with Gasteiger partial charge >= 0.3 is 0 Å². The van der Waals surface area contributed by atoms with Gasteiger partial charge in [-0.2, -0.15) is 0 Å². The van der Waals surface area contributed by atoms with E-state index in [1.54, 1.807) is 35.7 Å². The molecular weight excluding hydrogens is 459 g/mol. The molecule has 8 heteroatoms. The lowest BCUT2D eigenvalue weighted by Crippen LogP contribution is -2.23. The molecule has 5 nitrogen and oxygen atoms in total. The van der Waals surface area contributed by atoms with Crippen LogP contribution in [0.3, 0.4) is 0 Å². The Bertz CT molecular complexity index is 1160. The summed E-state index contributed by atoms with van der Waals surface area (Å²) < 4.78 is 20.6. The Labute approximate surface area is 178 Å². The molecule has 0 spiro atoms. The van der Waals surface area contributed by atoms with Gasteiger partial charge < -0.3 is 4.74 Å². The van der Waals surface area contributed by atoms with Gasteiger partial charge in [0.1, 0.15) is 18.2 Å². The van der Waals surface area contributed by atoms with E-state index in [1.807, 2.05) is 6.07 Å². The Kier molecular flexibility index (Phi) is 5.29. The van der Waals surface area contributed by atoms with Crippen molar-refractivity contribution >= 4 is 55.9 Å². The number of carbonyl (C=O) groups excluding carboxylic acids is 2. The molecule has 1 aliphatic heterocycles. The van der Waals surface area contributed by atoms with Gasteiger partial charge in [0, 0.05) is 22.3 Å². The van der Waals surface area contributed by atoms with Crippen LogP contribution in [0.2, 0.25) is 0 Å². The number of amides is 1. The van der Waals surface area contributed by atoms with Gasteiger partial charge in [-0.05, 0) is 36.4 Å². The maximum Gasteiger partial charge on any atom is 0.230 e. The highest BCUT2D eigenvalue weighted by atomic mass is 79.9. The number of rotatable bonds is 3. The fourth-order valence-electron chi connectivity index (χ4n) is 2.97. The van der Waals surface area contributed by atoms with E-state index in [0.717, 1.165) is 4.47 Å². The molecule has 2 aromatic carbocycles. The number of carbonyl (C=O) groups is 2. The highest BCUT2D eigenvalue weighted by Gasteiger charge is 2.25. The Balaban J connectivity index is 1.66. The third-order valence-electron chi connectivity index (χ3n) is 4.29. The first-order chi connectivity index (χ1) is 13.9. The topological polar surface area (TPSA) is 59.5 Å². The van der Waals surface area contributed by atoms with Crippen molar-refractivity contribution in [1.82, 2.24) is 4.98 Å². The van der Waals surface area contributed by atoms with Crippen molar-refractivity contribution in [2.24, 2.45) is 0 Å². The molecule has 1 aliphatic rings. The molecule has 0 radical (unpaired) electrons. The average Bonchev–Trinajstić information content (AvgIpc) is 3.14. The molecule has 2 heterocycles. The number of anilines is 2. The summed E-state index contributed by atoms with van der Waals surface area (Å²) in [6.45, 7) is 1.48. The zero-order valence-corrected chi connectivity index (χ0v) is 17.6. The molecular formula is C21H14BrFN2O3S. The largest absolute Gasteiger partial charge is 0.488 e. The molecule has 0 atom stereocenters. The minimum absolute atomic E-state index is 0.129. The number of aromatic nitrogens is 1. The van der Waals surface area contributed by atoms with Crippen molar-refractivity contribution in [1.29, 1.82) is 0 Å². The normalized spacial score (nSPS) is 14.4. The standard InChI is InChI=1S/C21H14BrFN2O3S/c1-12(26)25(18-5-3-2-4-17(18)23)21-24-15(11-29-21)8-13-10-28-19-7-6-14(22)9-16(19)20(13)27/h2-9,11H,10H2,1H3/b13-8+. The van der Waals surface area contributed by atoms with Crippen molar-refractivity contribution in [2.45, 2.75) is 6.92 Å². The molecule has 0 aliphatic carbocycles. The van der Waals surface area contributed by atoms with E-state index < -0.39 is 5.82 Å². The van der Waals surface area contributed by atoms with E-state index in [4.69, 9.17) is 4.74 Å². The average molecular weight is 473 g/mol. The highest BCUT2D eigenvalue weighted by Crippen LogP contribution is 2.33. The minimum Gasteiger partial charge on any atom is -0.488 e. The molecule has 29 heavy (non-hydrogen) atoms. The Morgan fingerprint density at radius 2 is 2.10 bits per heavy atom. The van der Waals surface area contributed by atoms with E-state index in [0.29, 0.717) is 27.7 Å². The van der Waals surface area contributed by atoms with Crippen LogP contribution >= 0.6 is 27.3 Å². The van der Waals surface area contributed by atoms with Gasteiger partial charge in [-0.25, -0.2) is 9.37 Å². The van der Waals surface area contributed by atoms with Gasteiger partial charge in [0.15, 0.2) is 10.9 Å². The van der Waals surface area contributed by atoms with Gasteiger partial charge in [-0.1, -0.05) is 28.1 Å². The molecule has 1 amide bonds. The van der Waals surface area contributed by atoms with Gasteiger partial charge in [-0.3, -0.25) is 14.5 Å². The van der Waals surface area contributed by atoms with E-state index in [9.17, 15) is 14.0 Å². The lowest BCUT2D eigenvalue weighted by atomic mass is 10.00. The van der Waals surface area contributed by atoms with Crippen molar-refractivity contribution in [3.8, 4) is 5.75 Å². The van der Waals surface area contributed by atoms with E-state index >= 15 is 0 Å². The number of thiazole rings is 1. The molecule has 146 valence electrons. The summed E-state index contributed by atoms with van der Waals surface area (Å²) in [5, 5.41) is 2.03. The summed E-state index contributed by atoms with van der Waals surface area (Å²) >= 11 is 4.55. The number of Topliss-reactive ketones (excluding diaryl/α,β-unsaturated/α-hetero) is 1. The summed E-state index contributed by atoms with van der Waals surface area (Å²) in [7, 11) is 0.